The van der Waals surface area contributed by atoms with Crippen LogP contribution in [0.1, 0.15) is 24.1 Å². The molecule has 6 heteroatoms. The maximum absolute atomic E-state index is 12.2. The van der Waals surface area contributed by atoms with E-state index in [2.05, 4.69) is 20.7 Å². The number of benzene rings is 2. The van der Waals surface area contributed by atoms with Crippen LogP contribution in [0.3, 0.4) is 0 Å². The lowest BCUT2D eigenvalue weighted by Crippen LogP contribution is -2.28. The maximum Gasteiger partial charge on any atom is 0.216 e. The molecule has 0 heterocycles. The average Bonchev–Trinajstić information content (AvgIpc) is 2.49. The number of nitrogens with one attached hydrogen (secondary N) is 1. The van der Waals surface area contributed by atoms with Gasteiger partial charge in [0.1, 0.15) is 5.75 Å². The minimum absolute atomic E-state index is 0.0409. The molecule has 0 aliphatic carbocycles. The van der Waals surface area contributed by atoms with Crippen molar-refractivity contribution in [3.63, 3.8) is 0 Å². The molecule has 1 atom stereocenters. The standard InChI is InChI=1S/C16H18BrNO3S/c1-12(14-5-9-16(21-2)10-6-14)18-22(19,20)11-13-3-7-15(17)8-4-13/h3-10,12,18H,11H2,1-2H3/t12-/m0/s1. The Morgan fingerprint density at radius 1 is 1.09 bits per heavy atom. The van der Waals surface area contributed by atoms with Crippen LogP contribution in [0, 0.1) is 0 Å². The fourth-order valence-electron chi connectivity index (χ4n) is 2.07. The highest BCUT2D eigenvalue weighted by Gasteiger charge is 2.16. The van der Waals surface area contributed by atoms with E-state index < -0.39 is 10.0 Å². The first-order chi connectivity index (χ1) is 10.4. The Bertz CT molecular complexity index is 712. The van der Waals surface area contributed by atoms with Gasteiger partial charge in [-0.1, -0.05) is 40.2 Å². The van der Waals surface area contributed by atoms with Crippen LogP contribution >= 0.6 is 15.9 Å². The van der Waals surface area contributed by atoms with Gasteiger partial charge in [-0.3, -0.25) is 0 Å². The van der Waals surface area contributed by atoms with Gasteiger partial charge in [0.15, 0.2) is 0 Å². The number of sulfonamides is 1. The van der Waals surface area contributed by atoms with E-state index in [1.54, 1.807) is 19.2 Å². The quantitative estimate of drug-likeness (QED) is 0.828. The zero-order valence-corrected chi connectivity index (χ0v) is 14.8. The van der Waals surface area contributed by atoms with E-state index in [0.717, 1.165) is 21.3 Å². The van der Waals surface area contributed by atoms with Gasteiger partial charge in [-0.2, -0.15) is 0 Å². The summed E-state index contributed by atoms with van der Waals surface area (Å²) >= 11 is 3.33. The Hall–Kier alpha value is -1.37. The van der Waals surface area contributed by atoms with Gasteiger partial charge in [0, 0.05) is 10.5 Å². The summed E-state index contributed by atoms with van der Waals surface area (Å²) in [5.41, 5.74) is 1.64. The third-order valence-electron chi connectivity index (χ3n) is 3.24. The van der Waals surface area contributed by atoms with Crippen molar-refractivity contribution in [1.82, 2.24) is 4.72 Å². The van der Waals surface area contributed by atoms with Crippen molar-refractivity contribution >= 4 is 26.0 Å². The molecule has 0 aliphatic heterocycles. The summed E-state index contributed by atoms with van der Waals surface area (Å²) in [5, 5.41) is 0. The molecule has 0 aliphatic rings. The van der Waals surface area contributed by atoms with Crippen molar-refractivity contribution in [2.45, 2.75) is 18.7 Å². The van der Waals surface area contributed by atoms with Crippen LogP contribution < -0.4 is 9.46 Å². The summed E-state index contributed by atoms with van der Waals surface area (Å²) in [5.74, 6) is 0.703. The Morgan fingerprint density at radius 3 is 2.23 bits per heavy atom. The second-order valence-corrected chi connectivity index (χ2v) is 7.67. The highest BCUT2D eigenvalue weighted by molar-refractivity contribution is 9.10. The second-order valence-electron chi connectivity index (χ2n) is 5.00. The third-order valence-corrected chi connectivity index (χ3v) is 5.20. The van der Waals surface area contributed by atoms with Gasteiger partial charge in [0.25, 0.3) is 0 Å². The van der Waals surface area contributed by atoms with Gasteiger partial charge in [-0.25, -0.2) is 13.1 Å². The molecule has 1 N–H and O–H groups in total. The van der Waals surface area contributed by atoms with Crippen molar-refractivity contribution in [2.24, 2.45) is 0 Å². The largest absolute Gasteiger partial charge is 0.497 e. The van der Waals surface area contributed by atoms with Crippen molar-refractivity contribution in [1.29, 1.82) is 0 Å². The van der Waals surface area contributed by atoms with Gasteiger partial charge in [0.2, 0.25) is 10.0 Å². The number of hydrogen-bond acceptors (Lipinski definition) is 3. The molecule has 2 aromatic rings. The van der Waals surface area contributed by atoms with Gasteiger partial charge in [0.05, 0.1) is 12.9 Å². The molecule has 118 valence electrons. The van der Waals surface area contributed by atoms with Gasteiger partial charge < -0.3 is 4.74 Å². The summed E-state index contributed by atoms with van der Waals surface area (Å²) in [4.78, 5) is 0. The highest BCUT2D eigenvalue weighted by Crippen LogP contribution is 2.19. The maximum atomic E-state index is 12.2. The molecule has 0 amide bonds. The summed E-state index contributed by atoms with van der Waals surface area (Å²) in [6, 6.07) is 14.3. The molecule has 22 heavy (non-hydrogen) atoms. The Balaban J connectivity index is 2.05. The van der Waals surface area contributed by atoms with E-state index in [0.29, 0.717) is 0 Å². The molecular weight excluding hydrogens is 366 g/mol. The van der Waals surface area contributed by atoms with Gasteiger partial charge in [-0.05, 0) is 42.3 Å². The summed E-state index contributed by atoms with van der Waals surface area (Å²) in [7, 11) is -1.81. The van der Waals surface area contributed by atoms with E-state index in [4.69, 9.17) is 4.74 Å². The van der Waals surface area contributed by atoms with Crippen molar-refractivity contribution in [2.75, 3.05) is 7.11 Å². The fraction of sp³-hybridized carbons (Fsp3) is 0.250. The molecule has 0 saturated heterocycles. The molecule has 2 aromatic carbocycles. The average molecular weight is 384 g/mol. The lowest BCUT2D eigenvalue weighted by molar-refractivity contribution is 0.414. The molecule has 0 saturated carbocycles. The van der Waals surface area contributed by atoms with Crippen LogP contribution in [-0.2, 0) is 15.8 Å². The molecule has 2 rings (SSSR count). The first-order valence-corrected chi connectivity index (χ1v) is 9.22. The molecule has 4 nitrogen and oxygen atoms in total. The monoisotopic (exact) mass is 383 g/mol. The van der Waals surface area contributed by atoms with Crippen molar-refractivity contribution < 1.29 is 13.2 Å². The normalized spacial score (nSPS) is 12.9. The minimum atomic E-state index is -3.41. The van der Waals surface area contributed by atoms with Crippen molar-refractivity contribution in [3.05, 3.63) is 64.1 Å². The Labute approximate surface area is 139 Å². The van der Waals surface area contributed by atoms with Crippen molar-refractivity contribution in [3.8, 4) is 5.75 Å². The molecule has 0 spiro atoms. The summed E-state index contributed by atoms with van der Waals surface area (Å²) < 4.78 is 33.2. The number of methoxy groups -OCH3 is 1. The van der Waals surface area contributed by atoms with Crippen LogP contribution in [0.2, 0.25) is 0 Å². The van der Waals surface area contributed by atoms with E-state index in [1.165, 1.54) is 0 Å². The lowest BCUT2D eigenvalue weighted by Gasteiger charge is -2.15. The molecular formula is C16H18BrNO3S. The van der Waals surface area contributed by atoms with Crippen LogP contribution in [0.15, 0.2) is 53.0 Å². The van der Waals surface area contributed by atoms with E-state index in [-0.39, 0.29) is 11.8 Å². The number of halogens is 1. The summed E-state index contributed by atoms with van der Waals surface area (Å²) in [6.45, 7) is 1.82. The lowest BCUT2D eigenvalue weighted by atomic mass is 10.1. The predicted molar refractivity (Wildman–Crippen MR) is 91.3 cm³/mol. The molecule has 0 bridgehead atoms. The van der Waals surface area contributed by atoms with Crippen LogP contribution in [0.4, 0.5) is 0 Å². The molecule has 0 fully saturated rings. The highest BCUT2D eigenvalue weighted by atomic mass is 79.9. The second kappa shape index (κ2) is 7.26. The van der Waals surface area contributed by atoms with Crippen LogP contribution in [0.25, 0.3) is 0 Å². The first-order valence-electron chi connectivity index (χ1n) is 6.78. The summed E-state index contributed by atoms with van der Waals surface area (Å²) in [6.07, 6.45) is 0. The Kier molecular flexibility index (Phi) is 5.61. The SMILES string of the molecule is COc1ccc([C@H](C)NS(=O)(=O)Cc2ccc(Br)cc2)cc1. The first kappa shape index (κ1) is 17.0. The van der Waals surface area contributed by atoms with Gasteiger partial charge >= 0.3 is 0 Å². The molecule has 0 unspecified atom stereocenters. The number of ether oxygens (including phenoxy) is 1. The van der Waals surface area contributed by atoms with Crippen LogP contribution in [-0.4, -0.2) is 15.5 Å². The van der Waals surface area contributed by atoms with Crippen LogP contribution in [0.5, 0.6) is 5.75 Å². The smallest absolute Gasteiger partial charge is 0.216 e. The topological polar surface area (TPSA) is 55.4 Å². The van der Waals surface area contributed by atoms with Gasteiger partial charge in [-0.15, -0.1) is 0 Å². The zero-order chi connectivity index (χ0) is 16.2. The third kappa shape index (κ3) is 4.83. The Morgan fingerprint density at radius 2 is 1.68 bits per heavy atom. The predicted octanol–water partition coefficient (Wildman–Crippen LogP) is 3.64. The number of hydrogen-bond donors (Lipinski definition) is 1. The van der Waals surface area contributed by atoms with E-state index >= 15 is 0 Å². The van der Waals surface area contributed by atoms with E-state index in [1.807, 2.05) is 43.3 Å². The zero-order valence-electron chi connectivity index (χ0n) is 12.4. The van der Waals surface area contributed by atoms with E-state index in [9.17, 15) is 8.42 Å². The fourth-order valence-corrected chi connectivity index (χ4v) is 3.73. The molecule has 0 radical (unpaired) electrons. The minimum Gasteiger partial charge on any atom is -0.497 e. The molecule has 0 aromatic heterocycles. The number of rotatable bonds is 6.